The molecule has 0 radical (unpaired) electrons. The number of nitrogens with zero attached hydrogens (tertiary/aromatic N) is 2. The molecule has 0 saturated carbocycles. The number of aromatic nitrogens is 1. The van der Waals surface area contributed by atoms with E-state index in [-0.39, 0.29) is 11.9 Å². The van der Waals surface area contributed by atoms with Crippen LogP contribution in [-0.2, 0) is 0 Å². The third-order valence-corrected chi connectivity index (χ3v) is 4.32. The van der Waals surface area contributed by atoms with Gasteiger partial charge in [0.1, 0.15) is 0 Å². The topological polar surface area (TPSA) is 45.2 Å². The Bertz CT molecular complexity index is 568. The summed E-state index contributed by atoms with van der Waals surface area (Å²) in [6.07, 6.45) is 3.35. The lowest BCUT2D eigenvalue weighted by Gasteiger charge is -2.25. The van der Waals surface area contributed by atoms with Crippen molar-refractivity contribution in [1.29, 1.82) is 0 Å². The highest BCUT2D eigenvalue weighted by Gasteiger charge is 2.21. The first-order valence-corrected chi connectivity index (χ1v) is 7.51. The van der Waals surface area contributed by atoms with Gasteiger partial charge in [-0.15, -0.1) is 11.3 Å². The van der Waals surface area contributed by atoms with Gasteiger partial charge in [-0.3, -0.25) is 9.78 Å². The molecule has 0 aliphatic carbocycles. The number of hydrogen-bond acceptors (Lipinski definition) is 4. The summed E-state index contributed by atoms with van der Waals surface area (Å²) in [4.78, 5) is 19.7. The number of hydrogen-bond donors (Lipinski definition) is 1. The van der Waals surface area contributed by atoms with Crippen molar-refractivity contribution in [3.63, 3.8) is 0 Å². The zero-order valence-corrected chi connectivity index (χ0v) is 12.8. The van der Waals surface area contributed by atoms with Crippen molar-refractivity contribution in [3.8, 4) is 0 Å². The van der Waals surface area contributed by atoms with Crippen molar-refractivity contribution < 1.29 is 4.79 Å². The summed E-state index contributed by atoms with van der Waals surface area (Å²) in [5.41, 5.74) is 1.44. The molecule has 2 aromatic heterocycles. The molecular formula is C15H19N3OS. The summed E-state index contributed by atoms with van der Waals surface area (Å²) in [5, 5.41) is 5.21. The maximum Gasteiger partial charge on any atom is 0.256 e. The Morgan fingerprint density at radius 3 is 2.95 bits per heavy atom. The maximum absolute atomic E-state index is 12.6. The quantitative estimate of drug-likeness (QED) is 0.917. The Morgan fingerprint density at radius 2 is 2.30 bits per heavy atom. The van der Waals surface area contributed by atoms with Crippen LogP contribution in [0.5, 0.6) is 0 Å². The molecule has 2 aromatic rings. The molecule has 0 aromatic carbocycles. The molecule has 106 valence electrons. The van der Waals surface area contributed by atoms with E-state index in [4.69, 9.17) is 0 Å². The predicted octanol–water partition coefficient (Wildman–Crippen LogP) is 3.41. The highest BCUT2D eigenvalue weighted by atomic mass is 32.1. The Kier molecular flexibility index (Phi) is 4.74. The predicted molar refractivity (Wildman–Crippen MR) is 83.2 cm³/mol. The van der Waals surface area contributed by atoms with Gasteiger partial charge in [-0.25, -0.2) is 0 Å². The molecular weight excluding hydrogens is 270 g/mol. The Morgan fingerprint density at radius 1 is 1.50 bits per heavy atom. The van der Waals surface area contributed by atoms with E-state index in [0.717, 1.165) is 12.2 Å². The minimum atomic E-state index is 0.00394. The van der Waals surface area contributed by atoms with E-state index in [2.05, 4.69) is 16.4 Å². The molecule has 20 heavy (non-hydrogen) atoms. The van der Waals surface area contributed by atoms with E-state index in [9.17, 15) is 4.79 Å². The lowest BCUT2D eigenvalue weighted by Crippen LogP contribution is -2.30. The third-order valence-electron chi connectivity index (χ3n) is 3.27. The molecule has 2 heterocycles. The average Bonchev–Trinajstić information content (AvgIpc) is 3.00. The van der Waals surface area contributed by atoms with Crippen molar-refractivity contribution in [2.45, 2.75) is 19.9 Å². The van der Waals surface area contributed by atoms with E-state index < -0.39 is 0 Å². The summed E-state index contributed by atoms with van der Waals surface area (Å²) in [5.74, 6) is 0.00394. The van der Waals surface area contributed by atoms with Crippen molar-refractivity contribution in [1.82, 2.24) is 9.88 Å². The molecule has 1 amide bonds. The van der Waals surface area contributed by atoms with Crippen molar-refractivity contribution in [3.05, 3.63) is 46.4 Å². The maximum atomic E-state index is 12.6. The van der Waals surface area contributed by atoms with E-state index in [1.807, 2.05) is 32.3 Å². The fourth-order valence-electron chi connectivity index (χ4n) is 2.00. The first kappa shape index (κ1) is 14.5. The molecule has 0 aliphatic rings. The normalized spacial score (nSPS) is 11.9. The number of thiophene rings is 1. The van der Waals surface area contributed by atoms with Crippen LogP contribution >= 0.6 is 11.3 Å². The number of pyridine rings is 1. The van der Waals surface area contributed by atoms with Gasteiger partial charge in [0.15, 0.2) is 0 Å². The molecule has 1 atom stereocenters. The van der Waals surface area contributed by atoms with Crippen LogP contribution < -0.4 is 5.32 Å². The minimum Gasteiger partial charge on any atom is -0.383 e. The summed E-state index contributed by atoms with van der Waals surface area (Å²) < 4.78 is 0. The van der Waals surface area contributed by atoms with E-state index in [1.165, 1.54) is 4.88 Å². The number of carbonyl (C=O) groups excluding carboxylic acids is 1. The van der Waals surface area contributed by atoms with Gasteiger partial charge in [0.25, 0.3) is 5.91 Å². The number of anilines is 1. The van der Waals surface area contributed by atoms with Crippen LogP contribution in [0.2, 0.25) is 0 Å². The second-order valence-electron chi connectivity index (χ2n) is 4.56. The van der Waals surface area contributed by atoms with Gasteiger partial charge >= 0.3 is 0 Å². The molecule has 2 rings (SSSR count). The molecule has 0 aliphatic heterocycles. The van der Waals surface area contributed by atoms with Crippen LogP contribution in [0, 0.1) is 0 Å². The summed E-state index contributed by atoms with van der Waals surface area (Å²) in [6, 6.07) is 5.88. The SMILES string of the molecule is CCNc1cnccc1C(=O)N(C)C(C)c1cccs1. The number of rotatable bonds is 5. The highest BCUT2D eigenvalue weighted by Crippen LogP contribution is 2.26. The van der Waals surface area contributed by atoms with Gasteiger partial charge in [-0.1, -0.05) is 6.07 Å². The molecule has 1 N–H and O–H groups in total. The molecule has 4 nitrogen and oxygen atoms in total. The first-order chi connectivity index (χ1) is 9.65. The smallest absolute Gasteiger partial charge is 0.256 e. The second-order valence-corrected chi connectivity index (χ2v) is 5.54. The lowest BCUT2D eigenvalue weighted by atomic mass is 10.1. The monoisotopic (exact) mass is 289 g/mol. The number of carbonyl (C=O) groups is 1. The summed E-state index contributed by atoms with van der Waals surface area (Å²) in [6.45, 7) is 4.80. The number of amides is 1. The van der Waals surface area contributed by atoms with E-state index in [1.54, 1.807) is 34.7 Å². The third kappa shape index (κ3) is 2.99. The molecule has 0 bridgehead atoms. The van der Waals surface area contributed by atoms with Crippen LogP contribution in [-0.4, -0.2) is 29.4 Å². The summed E-state index contributed by atoms with van der Waals surface area (Å²) in [7, 11) is 1.84. The van der Waals surface area contributed by atoms with Gasteiger partial charge in [-0.2, -0.15) is 0 Å². The molecule has 0 saturated heterocycles. The number of nitrogens with one attached hydrogen (secondary N) is 1. The van der Waals surface area contributed by atoms with Gasteiger partial charge < -0.3 is 10.2 Å². The zero-order valence-electron chi connectivity index (χ0n) is 12.0. The Balaban J connectivity index is 2.22. The minimum absolute atomic E-state index is 0.00394. The molecule has 0 fully saturated rings. The van der Waals surface area contributed by atoms with Gasteiger partial charge in [0.05, 0.1) is 23.5 Å². The van der Waals surface area contributed by atoms with Crippen LogP contribution in [0.25, 0.3) is 0 Å². The first-order valence-electron chi connectivity index (χ1n) is 6.63. The fourth-order valence-corrected chi connectivity index (χ4v) is 2.82. The van der Waals surface area contributed by atoms with Crippen molar-refractivity contribution in [2.24, 2.45) is 0 Å². The Labute approximate surface area is 123 Å². The van der Waals surface area contributed by atoms with Gasteiger partial charge in [-0.05, 0) is 31.4 Å². The van der Waals surface area contributed by atoms with E-state index >= 15 is 0 Å². The highest BCUT2D eigenvalue weighted by molar-refractivity contribution is 7.10. The fraction of sp³-hybridized carbons (Fsp3) is 0.333. The standard InChI is InChI=1S/C15H19N3OS/c1-4-17-13-10-16-8-7-12(13)15(19)18(3)11(2)14-6-5-9-20-14/h5-11,17H,4H2,1-3H3. The van der Waals surface area contributed by atoms with Crippen molar-refractivity contribution in [2.75, 3.05) is 18.9 Å². The van der Waals surface area contributed by atoms with Gasteiger partial charge in [0, 0.05) is 24.7 Å². The summed E-state index contributed by atoms with van der Waals surface area (Å²) >= 11 is 1.66. The second kappa shape index (κ2) is 6.52. The zero-order chi connectivity index (χ0) is 14.5. The van der Waals surface area contributed by atoms with E-state index in [0.29, 0.717) is 5.56 Å². The van der Waals surface area contributed by atoms with Crippen LogP contribution in [0.1, 0.15) is 35.1 Å². The Hall–Kier alpha value is -1.88. The van der Waals surface area contributed by atoms with Crippen LogP contribution in [0.4, 0.5) is 5.69 Å². The average molecular weight is 289 g/mol. The van der Waals surface area contributed by atoms with Crippen LogP contribution in [0.3, 0.4) is 0 Å². The molecule has 0 spiro atoms. The van der Waals surface area contributed by atoms with Gasteiger partial charge in [0.2, 0.25) is 0 Å². The molecule has 5 heteroatoms. The van der Waals surface area contributed by atoms with Crippen molar-refractivity contribution >= 4 is 22.9 Å². The largest absolute Gasteiger partial charge is 0.383 e. The lowest BCUT2D eigenvalue weighted by molar-refractivity contribution is 0.0746. The molecule has 1 unspecified atom stereocenters. The van der Waals surface area contributed by atoms with Crippen LogP contribution in [0.15, 0.2) is 36.0 Å².